The van der Waals surface area contributed by atoms with Crippen LogP contribution in [0.5, 0.6) is 5.75 Å². The van der Waals surface area contributed by atoms with Crippen LogP contribution in [0.3, 0.4) is 0 Å². The maximum Gasteiger partial charge on any atom is 0.115 e. The van der Waals surface area contributed by atoms with E-state index in [0.717, 1.165) is 12.8 Å². The molecule has 1 aliphatic carbocycles. The Balaban J connectivity index is 2.02. The molecule has 2 nitrogen and oxygen atoms in total. The summed E-state index contributed by atoms with van der Waals surface area (Å²) in [6, 6.07) is 7.36. The summed E-state index contributed by atoms with van der Waals surface area (Å²) in [5.41, 5.74) is 7.47. The van der Waals surface area contributed by atoms with Crippen LogP contribution in [0.25, 0.3) is 0 Å². The summed E-state index contributed by atoms with van der Waals surface area (Å²) in [6.45, 7) is 2.19. The van der Waals surface area contributed by atoms with Gasteiger partial charge >= 0.3 is 0 Å². The van der Waals surface area contributed by atoms with Gasteiger partial charge in [0, 0.05) is 5.54 Å². The lowest BCUT2D eigenvalue weighted by molar-refractivity contribution is 0.474. The molecule has 2 rings (SSSR count). The molecular weight excluding hydrogens is 174 g/mol. The maximum atomic E-state index is 9.14. The summed E-state index contributed by atoms with van der Waals surface area (Å²) in [6.07, 6.45) is 3.25. The van der Waals surface area contributed by atoms with Crippen molar-refractivity contribution >= 4 is 0 Å². The molecule has 3 N–H and O–H groups in total. The molecule has 0 radical (unpaired) electrons. The molecule has 76 valence electrons. The molecule has 0 spiro atoms. The van der Waals surface area contributed by atoms with Crippen molar-refractivity contribution in [2.45, 2.75) is 31.7 Å². The molecule has 0 bridgehead atoms. The molecule has 0 saturated heterocycles. The molecule has 0 aliphatic heterocycles. The largest absolute Gasteiger partial charge is 0.508 e. The first-order chi connectivity index (χ1) is 6.64. The van der Waals surface area contributed by atoms with Gasteiger partial charge in [-0.2, -0.15) is 0 Å². The van der Waals surface area contributed by atoms with Crippen LogP contribution in [0, 0.1) is 5.92 Å². The van der Waals surface area contributed by atoms with Crippen molar-refractivity contribution in [1.82, 2.24) is 0 Å². The zero-order valence-electron chi connectivity index (χ0n) is 8.53. The molecule has 0 heterocycles. The first kappa shape index (κ1) is 9.53. The SMILES string of the molecule is CCC1CC1(N)Cc1ccc(O)cc1. The summed E-state index contributed by atoms with van der Waals surface area (Å²) >= 11 is 0. The monoisotopic (exact) mass is 191 g/mol. The van der Waals surface area contributed by atoms with Crippen LogP contribution in [-0.2, 0) is 6.42 Å². The van der Waals surface area contributed by atoms with Gasteiger partial charge in [0.15, 0.2) is 0 Å². The number of aromatic hydroxyl groups is 1. The minimum Gasteiger partial charge on any atom is -0.508 e. The molecule has 0 amide bonds. The Morgan fingerprint density at radius 3 is 2.57 bits per heavy atom. The van der Waals surface area contributed by atoms with Crippen molar-refractivity contribution in [3.63, 3.8) is 0 Å². The second kappa shape index (κ2) is 3.28. The second-order valence-corrected chi connectivity index (χ2v) is 4.39. The van der Waals surface area contributed by atoms with E-state index in [0.29, 0.717) is 11.7 Å². The van der Waals surface area contributed by atoms with E-state index in [2.05, 4.69) is 6.92 Å². The van der Waals surface area contributed by atoms with Gasteiger partial charge in [-0.3, -0.25) is 0 Å². The Morgan fingerprint density at radius 1 is 1.43 bits per heavy atom. The van der Waals surface area contributed by atoms with Crippen LogP contribution in [-0.4, -0.2) is 10.6 Å². The fraction of sp³-hybridized carbons (Fsp3) is 0.500. The van der Waals surface area contributed by atoms with Gasteiger partial charge in [0.1, 0.15) is 5.75 Å². The van der Waals surface area contributed by atoms with Gasteiger partial charge < -0.3 is 10.8 Å². The van der Waals surface area contributed by atoms with Gasteiger partial charge in [-0.05, 0) is 36.5 Å². The van der Waals surface area contributed by atoms with Crippen molar-refractivity contribution in [3.8, 4) is 5.75 Å². The Bertz CT molecular complexity index is 320. The lowest BCUT2D eigenvalue weighted by Gasteiger charge is -2.10. The van der Waals surface area contributed by atoms with E-state index < -0.39 is 0 Å². The van der Waals surface area contributed by atoms with Gasteiger partial charge in [0.25, 0.3) is 0 Å². The second-order valence-electron chi connectivity index (χ2n) is 4.39. The summed E-state index contributed by atoms with van der Waals surface area (Å²) in [5, 5.41) is 9.14. The minimum atomic E-state index is 0.0335. The lowest BCUT2D eigenvalue weighted by atomic mass is 10.0. The standard InChI is InChI=1S/C12H17NO/c1-2-10-8-12(10,13)7-9-3-5-11(14)6-4-9/h3-6,10,14H,2,7-8,13H2,1H3. The van der Waals surface area contributed by atoms with Crippen LogP contribution in [0.4, 0.5) is 0 Å². The third-order valence-corrected chi connectivity index (χ3v) is 3.24. The smallest absolute Gasteiger partial charge is 0.115 e. The Morgan fingerprint density at radius 2 is 2.07 bits per heavy atom. The molecule has 1 fully saturated rings. The van der Waals surface area contributed by atoms with Crippen molar-refractivity contribution in [2.24, 2.45) is 11.7 Å². The van der Waals surface area contributed by atoms with E-state index in [-0.39, 0.29) is 5.54 Å². The van der Waals surface area contributed by atoms with Crippen molar-refractivity contribution in [1.29, 1.82) is 0 Å². The summed E-state index contributed by atoms with van der Waals surface area (Å²) in [4.78, 5) is 0. The number of phenols is 1. The zero-order chi connectivity index (χ0) is 10.2. The van der Waals surface area contributed by atoms with E-state index in [9.17, 15) is 0 Å². The number of nitrogens with two attached hydrogens (primary N) is 1. The molecule has 1 aromatic carbocycles. The summed E-state index contributed by atoms with van der Waals surface area (Å²) < 4.78 is 0. The number of hydrogen-bond donors (Lipinski definition) is 2. The Kier molecular flexibility index (Phi) is 2.23. The Hall–Kier alpha value is -1.02. The average Bonchev–Trinajstić information content (AvgIpc) is 2.81. The third kappa shape index (κ3) is 1.75. The van der Waals surface area contributed by atoms with Crippen LogP contribution in [0.15, 0.2) is 24.3 Å². The van der Waals surface area contributed by atoms with Crippen LogP contribution >= 0.6 is 0 Å². The molecule has 1 aromatic rings. The van der Waals surface area contributed by atoms with Gasteiger partial charge in [-0.1, -0.05) is 25.5 Å². The lowest BCUT2D eigenvalue weighted by Crippen LogP contribution is -2.27. The highest BCUT2D eigenvalue weighted by Gasteiger charge is 2.48. The molecule has 0 aromatic heterocycles. The van der Waals surface area contributed by atoms with Gasteiger partial charge in [-0.15, -0.1) is 0 Å². The van der Waals surface area contributed by atoms with Gasteiger partial charge in [0.05, 0.1) is 0 Å². The number of phenolic OH excluding ortho intramolecular Hbond substituents is 1. The van der Waals surface area contributed by atoms with Crippen LogP contribution in [0.2, 0.25) is 0 Å². The van der Waals surface area contributed by atoms with Crippen molar-refractivity contribution < 1.29 is 5.11 Å². The highest BCUT2D eigenvalue weighted by Crippen LogP contribution is 2.45. The quantitative estimate of drug-likeness (QED) is 0.768. The highest BCUT2D eigenvalue weighted by molar-refractivity contribution is 5.29. The highest BCUT2D eigenvalue weighted by atomic mass is 16.3. The van der Waals surface area contributed by atoms with Crippen molar-refractivity contribution in [3.05, 3.63) is 29.8 Å². The average molecular weight is 191 g/mol. The van der Waals surface area contributed by atoms with E-state index >= 15 is 0 Å². The van der Waals surface area contributed by atoms with E-state index in [1.165, 1.54) is 12.0 Å². The number of hydrogen-bond acceptors (Lipinski definition) is 2. The van der Waals surface area contributed by atoms with E-state index in [1.54, 1.807) is 12.1 Å². The van der Waals surface area contributed by atoms with E-state index in [1.807, 2.05) is 12.1 Å². The predicted molar refractivity (Wildman–Crippen MR) is 57.1 cm³/mol. The molecule has 2 atom stereocenters. The van der Waals surface area contributed by atoms with Crippen molar-refractivity contribution in [2.75, 3.05) is 0 Å². The minimum absolute atomic E-state index is 0.0335. The fourth-order valence-electron chi connectivity index (χ4n) is 2.16. The maximum absolute atomic E-state index is 9.14. The van der Waals surface area contributed by atoms with Gasteiger partial charge in [0.2, 0.25) is 0 Å². The van der Waals surface area contributed by atoms with Crippen LogP contribution in [0.1, 0.15) is 25.3 Å². The predicted octanol–water partition coefficient (Wildman–Crippen LogP) is 2.06. The first-order valence-electron chi connectivity index (χ1n) is 5.21. The van der Waals surface area contributed by atoms with E-state index in [4.69, 9.17) is 10.8 Å². The summed E-state index contributed by atoms with van der Waals surface area (Å²) in [5.74, 6) is 1.01. The summed E-state index contributed by atoms with van der Waals surface area (Å²) in [7, 11) is 0. The van der Waals surface area contributed by atoms with Crippen LogP contribution < -0.4 is 5.73 Å². The Labute approximate surface area is 84.7 Å². The molecule has 1 saturated carbocycles. The molecule has 1 aliphatic rings. The van der Waals surface area contributed by atoms with Gasteiger partial charge in [-0.25, -0.2) is 0 Å². The first-order valence-corrected chi connectivity index (χ1v) is 5.21. The fourth-order valence-corrected chi connectivity index (χ4v) is 2.16. The molecule has 2 unspecified atom stereocenters. The molecular formula is C12H17NO. The molecule has 14 heavy (non-hydrogen) atoms. The topological polar surface area (TPSA) is 46.2 Å². The normalized spacial score (nSPS) is 30.3. The zero-order valence-corrected chi connectivity index (χ0v) is 8.53. The third-order valence-electron chi connectivity index (χ3n) is 3.24. The number of benzene rings is 1. The molecule has 2 heteroatoms. The number of rotatable bonds is 3.